The van der Waals surface area contributed by atoms with Crippen molar-refractivity contribution in [3.8, 4) is 0 Å². The largest absolute Gasteiger partial charge is 0.486 e. The third-order valence-corrected chi connectivity index (χ3v) is 7.69. The van der Waals surface area contributed by atoms with Gasteiger partial charge in [-0.3, -0.25) is 9.59 Å². The van der Waals surface area contributed by atoms with Gasteiger partial charge >= 0.3 is 0 Å². The van der Waals surface area contributed by atoms with E-state index in [1.807, 2.05) is 36.4 Å². The van der Waals surface area contributed by atoms with Crippen LogP contribution in [0.2, 0.25) is 0 Å². The van der Waals surface area contributed by atoms with Crippen molar-refractivity contribution >= 4 is 44.8 Å². The summed E-state index contributed by atoms with van der Waals surface area (Å²) in [4.78, 5) is 28.3. The zero-order valence-electron chi connectivity index (χ0n) is 17.3. The van der Waals surface area contributed by atoms with E-state index in [0.717, 1.165) is 41.0 Å². The third-order valence-electron chi connectivity index (χ3n) is 5.40. The Labute approximate surface area is 194 Å². The molecular weight excluding hydrogens is 444 g/mol. The van der Waals surface area contributed by atoms with Gasteiger partial charge in [-0.1, -0.05) is 30.3 Å². The Hall–Kier alpha value is -2.97. The Kier molecular flexibility index (Phi) is 6.05. The number of benzene rings is 1. The molecule has 2 aromatic heterocycles. The van der Waals surface area contributed by atoms with Crippen LogP contribution in [-0.2, 0) is 28.9 Å². The molecule has 1 aromatic carbocycles. The van der Waals surface area contributed by atoms with Crippen LogP contribution in [0, 0.1) is 0 Å². The Balaban J connectivity index is 1.42. The van der Waals surface area contributed by atoms with Crippen LogP contribution in [0.5, 0.6) is 0 Å². The van der Waals surface area contributed by atoms with Crippen LogP contribution in [0.25, 0.3) is 4.91 Å². The van der Waals surface area contributed by atoms with Crippen LogP contribution in [0.15, 0.2) is 58.9 Å². The maximum atomic E-state index is 13.3. The minimum absolute atomic E-state index is 0.202. The fourth-order valence-corrected chi connectivity index (χ4v) is 6.19. The predicted molar refractivity (Wildman–Crippen MR) is 127 cm³/mol. The zero-order valence-corrected chi connectivity index (χ0v) is 18.9. The molecule has 2 amide bonds. The van der Waals surface area contributed by atoms with E-state index in [1.54, 1.807) is 24.1 Å². The van der Waals surface area contributed by atoms with Crippen molar-refractivity contribution in [1.29, 1.82) is 0 Å². The summed E-state index contributed by atoms with van der Waals surface area (Å²) in [5.74, 6) is 1.25. The smallest absolute Gasteiger partial charge is 0.292 e. The number of nitrogens with one attached hydrogen (secondary N) is 2. The number of amides is 2. The fraction of sp³-hybridized carbons (Fsp3) is 0.250. The topological polar surface area (TPSA) is 80.6 Å². The molecule has 0 saturated heterocycles. The van der Waals surface area contributed by atoms with E-state index in [4.69, 9.17) is 9.15 Å². The van der Waals surface area contributed by atoms with E-state index in [1.165, 1.54) is 16.2 Å². The summed E-state index contributed by atoms with van der Waals surface area (Å²) in [6.45, 7) is 0.772. The molecule has 5 rings (SSSR count). The molecule has 32 heavy (non-hydrogen) atoms. The SMILES string of the molecule is O=C(Nc1sc2c(c1C(=O)NCc1ccco1)CCC2)C1=C(c2ccccc2)SCCO1. The second kappa shape index (κ2) is 9.26. The number of aryl methyl sites for hydroxylation is 1. The van der Waals surface area contributed by atoms with Crippen LogP contribution < -0.4 is 10.6 Å². The molecule has 0 fully saturated rings. The maximum absolute atomic E-state index is 13.3. The molecule has 6 nitrogen and oxygen atoms in total. The van der Waals surface area contributed by atoms with Gasteiger partial charge in [0.1, 0.15) is 10.8 Å². The lowest BCUT2D eigenvalue weighted by Gasteiger charge is -2.20. The molecule has 2 N–H and O–H groups in total. The molecule has 0 unspecified atom stereocenters. The lowest BCUT2D eigenvalue weighted by Crippen LogP contribution is -2.26. The summed E-state index contributed by atoms with van der Waals surface area (Å²) in [7, 11) is 0. The number of hydrogen-bond donors (Lipinski definition) is 2. The normalized spacial score (nSPS) is 15.2. The number of anilines is 1. The maximum Gasteiger partial charge on any atom is 0.292 e. The second-order valence-electron chi connectivity index (χ2n) is 7.50. The molecule has 1 aliphatic heterocycles. The van der Waals surface area contributed by atoms with Gasteiger partial charge in [-0.05, 0) is 42.5 Å². The van der Waals surface area contributed by atoms with E-state index in [9.17, 15) is 9.59 Å². The Bertz CT molecular complexity index is 1170. The van der Waals surface area contributed by atoms with Crippen molar-refractivity contribution in [3.63, 3.8) is 0 Å². The van der Waals surface area contributed by atoms with Gasteiger partial charge in [0.2, 0.25) is 0 Å². The van der Waals surface area contributed by atoms with Crippen molar-refractivity contribution in [2.75, 3.05) is 17.7 Å². The first-order valence-electron chi connectivity index (χ1n) is 10.5. The number of thioether (sulfide) groups is 1. The highest BCUT2D eigenvalue weighted by molar-refractivity contribution is 8.08. The lowest BCUT2D eigenvalue weighted by atomic mass is 10.1. The van der Waals surface area contributed by atoms with Gasteiger partial charge < -0.3 is 19.8 Å². The van der Waals surface area contributed by atoms with Crippen molar-refractivity contribution < 1.29 is 18.7 Å². The Morgan fingerprint density at radius 2 is 1.91 bits per heavy atom. The molecule has 2 aliphatic rings. The highest BCUT2D eigenvalue weighted by atomic mass is 32.2. The minimum atomic E-state index is -0.323. The quantitative estimate of drug-likeness (QED) is 0.544. The molecule has 164 valence electrons. The standard InChI is InChI=1S/C24H22N2O4S2/c27-22(25-14-16-8-5-11-29-16)19-17-9-4-10-18(17)32-24(19)26-23(28)20-21(31-13-12-30-20)15-6-2-1-3-7-15/h1-3,5-8,11H,4,9-10,12-14H2,(H,25,27)(H,26,28). The summed E-state index contributed by atoms with van der Waals surface area (Å²) in [6, 6.07) is 13.4. The number of carbonyl (C=O) groups is 2. The van der Waals surface area contributed by atoms with Crippen molar-refractivity contribution in [1.82, 2.24) is 5.32 Å². The summed E-state index contributed by atoms with van der Waals surface area (Å²) in [6.07, 6.45) is 4.38. The van der Waals surface area contributed by atoms with Gasteiger partial charge in [0.25, 0.3) is 11.8 Å². The summed E-state index contributed by atoms with van der Waals surface area (Å²) >= 11 is 3.10. The number of furan rings is 1. The summed E-state index contributed by atoms with van der Waals surface area (Å²) < 4.78 is 11.1. The van der Waals surface area contributed by atoms with Gasteiger partial charge in [0.05, 0.1) is 29.9 Å². The first-order chi connectivity index (χ1) is 15.7. The van der Waals surface area contributed by atoms with Crippen LogP contribution in [-0.4, -0.2) is 24.2 Å². The Morgan fingerprint density at radius 1 is 1.03 bits per heavy atom. The average Bonchev–Trinajstić information content (AvgIpc) is 3.56. The van der Waals surface area contributed by atoms with Crippen LogP contribution in [0.4, 0.5) is 5.00 Å². The van der Waals surface area contributed by atoms with Gasteiger partial charge in [0, 0.05) is 10.6 Å². The van der Waals surface area contributed by atoms with Gasteiger partial charge in [-0.25, -0.2) is 0 Å². The van der Waals surface area contributed by atoms with Crippen LogP contribution in [0.1, 0.15) is 38.5 Å². The first kappa shape index (κ1) is 20.9. The number of rotatable bonds is 6. The highest BCUT2D eigenvalue weighted by Gasteiger charge is 2.30. The van der Waals surface area contributed by atoms with E-state index in [0.29, 0.717) is 35.2 Å². The number of fused-ring (bicyclic) bond motifs is 1. The van der Waals surface area contributed by atoms with E-state index >= 15 is 0 Å². The fourth-order valence-electron chi connectivity index (χ4n) is 3.95. The molecule has 0 atom stereocenters. The minimum Gasteiger partial charge on any atom is -0.486 e. The first-order valence-corrected chi connectivity index (χ1v) is 12.3. The molecule has 0 saturated carbocycles. The molecule has 0 radical (unpaired) electrons. The predicted octanol–water partition coefficient (Wildman–Crippen LogP) is 4.83. The highest BCUT2D eigenvalue weighted by Crippen LogP contribution is 2.40. The summed E-state index contributed by atoms with van der Waals surface area (Å²) in [5, 5.41) is 6.48. The van der Waals surface area contributed by atoms with Crippen molar-refractivity contribution in [2.24, 2.45) is 0 Å². The molecular formula is C24H22N2O4S2. The number of ether oxygens (including phenoxy) is 1. The number of carbonyl (C=O) groups excluding carboxylic acids is 2. The second-order valence-corrected chi connectivity index (χ2v) is 9.71. The van der Waals surface area contributed by atoms with E-state index in [2.05, 4.69) is 10.6 Å². The van der Waals surface area contributed by atoms with Gasteiger partial charge in [-0.15, -0.1) is 23.1 Å². The third kappa shape index (κ3) is 4.20. The van der Waals surface area contributed by atoms with Gasteiger partial charge in [-0.2, -0.15) is 0 Å². The molecule has 0 spiro atoms. The number of hydrogen-bond acceptors (Lipinski definition) is 6. The summed E-state index contributed by atoms with van der Waals surface area (Å²) in [5.41, 5.74) is 2.55. The molecule has 8 heteroatoms. The molecule has 0 bridgehead atoms. The monoisotopic (exact) mass is 466 g/mol. The van der Waals surface area contributed by atoms with E-state index in [-0.39, 0.29) is 11.8 Å². The average molecular weight is 467 g/mol. The van der Waals surface area contributed by atoms with Crippen LogP contribution in [0.3, 0.4) is 0 Å². The van der Waals surface area contributed by atoms with E-state index < -0.39 is 0 Å². The molecule has 3 heterocycles. The van der Waals surface area contributed by atoms with Gasteiger partial charge in [0.15, 0.2) is 5.76 Å². The van der Waals surface area contributed by atoms with Crippen molar-refractivity contribution in [3.05, 3.63) is 81.8 Å². The Morgan fingerprint density at radius 3 is 2.72 bits per heavy atom. The number of thiophene rings is 1. The molecule has 1 aliphatic carbocycles. The lowest BCUT2D eigenvalue weighted by molar-refractivity contribution is -0.115. The van der Waals surface area contributed by atoms with Crippen LogP contribution >= 0.6 is 23.1 Å². The molecule has 3 aromatic rings. The zero-order chi connectivity index (χ0) is 21.9. The van der Waals surface area contributed by atoms with Crippen molar-refractivity contribution in [2.45, 2.75) is 25.8 Å².